The highest BCUT2D eigenvalue weighted by Gasteiger charge is 2.20. The summed E-state index contributed by atoms with van der Waals surface area (Å²) in [5, 5.41) is 0. The van der Waals surface area contributed by atoms with E-state index in [0.29, 0.717) is 5.54 Å². The zero-order chi connectivity index (χ0) is 12.9. The molecule has 2 nitrogen and oxygen atoms in total. The van der Waals surface area contributed by atoms with E-state index in [1.165, 1.54) is 57.6 Å². The first-order valence-corrected chi connectivity index (χ1v) is 7.07. The molecular weight excluding hydrogens is 208 g/mol. The summed E-state index contributed by atoms with van der Waals surface area (Å²) in [7, 11) is 0. The lowest BCUT2D eigenvalue weighted by Gasteiger charge is -2.37. The maximum atomic E-state index is 4.07. The molecule has 0 amide bonds. The van der Waals surface area contributed by atoms with Crippen molar-refractivity contribution in [2.45, 2.75) is 58.9 Å². The van der Waals surface area contributed by atoms with Gasteiger partial charge in [-0.3, -0.25) is 4.90 Å². The molecule has 0 saturated carbocycles. The van der Waals surface area contributed by atoms with Crippen molar-refractivity contribution >= 4 is 0 Å². The van der Waals surface area contributed by atoms with Crippen LogP contribution in [-0.2, 0) is 0 Å². The first-order chi connectivity index (χ1) is 7.91. The van der Waals surface area contributed by atoms with Gasteiger partial charge >= 0.3 is 0 Å². The summed E-state index contributed by atoms with van der Waals surface area (Å²) in [5.74, 6) is 0. The normalized spacial score (nSPS) is 21.3. The van der Waals surface area contributed by atoms with Gasteiger partial charge in [0.1, 0.15) is 0 Å². The molecule has 1 heterocycles. The zero-order valence-electron chi connectivity index (χ0n) is 12.3. The lowest BCUT2D eigenvalue weighted by Crippen LogP contribution is -2.43. The Morgan fingerprint density at radius 2 is 1.29 bits per heavy atom. The second kappa shape index (κ2) is 6.44. The molecule has 100 valence electrons. The van der Waals surface area contributed by atoms with Crippen LogP contribution in [-0.4, -0.2) is 41.5 Å². The highest BCUT2D eigenvalue weighted by molar-refractivity contribution is 4.89. The van der Waals surface area contributed by atoms with Crippen LogP contribution in [0.25, 0.3) is 0 Å². The Morgan fingerprint density at radius 3 is 1.65 bits per heavy atom. The van der Waals surface area contributed by atoms with Crippen molar-refractivity contribution in [2.24, 2.45) is 0 Å². The summed E-state index contributed by atoms with van der Waals surface area (Å²) in [6.07, 6.45) is 5.20. The van der Waals surface area contributed by atoms with Crippen molar-refractivity contribution < 1.29 is 0 Å². The number of allylic oxidation sites excluding steroid dienone is 1. The third-order valence-corrected chi connectivity index (χ3v) is 3.70. The van der Waals surface area contributed by atoms with Gasteiger partial charge in [0, 0.05) is 24.3 Å². The summed E-state index contributed by atoms with van der Waals surface area (Å²) >= 11 is 0. The van der Waals surface area contributed by atoms with Crippen LogP contribution in [0.3, 0.4) is 0 Å². The monoisotopic (exact) mass is 238 g/mol. The summed E-state index contributed by atoms with van der Waals surface area (Å²) in [5.41, 5.74) is 1.56. The van der Waals surface area contributed by atoms with E-state index in [2.05, 4.69) is 44.1 Å². The minimum Gasteiger partial charge on any atom is -0.376 e. The molecule has 0 radical (unpaired) electrons. The van der Waals surface area contributed by atoms with E-state index in [0.717, 1.165) is 0 Å². The molecule has 2 heteroatoms. The van der Waals surface area contributed by atoms with Crippen molar-refractivity contribution in [1.82, 2.24) is 9.80 Å². The van der Waals surface area contributed by atoms with E-state index in [4.69, 9.17) is 0 Å². The van der Waals surface area contributed by atoms with Gasteiger partial charge in [0.25, 0.3) is 0 Å². The van der Waals surface area contributed by atoms with Gasteiger partial charge in [-0.2, -0.15) is 0 Å². The average molecular weight is 238 g/mol. The van der Waals surface area contributed by atoms with Crippen molar-refractivity contribution in [3.63, 3.8) is 0 Å². The zero-order valence-corrected chi connectivity index (χ0v) is 12.3. The Balaban J connectivity index is 2.48. The summed E-state index contributed by atoms with van der Waals surface area (Å²) in [4.78, 5) is 5.09. The molecule has 1 saturated heterocycles. The summed E-state index contributed by atoms with van der Waals surface area (Å²) < 4.78 is 0. The molecule has 0 aromatic carbocycles. The maximum absolute atomic E-state index is 4.07. The van der Waals surface area contributed by atoms with Crippen molar-refractivity contribution in [3.8, 4) is 0 Å². The minimum absolute atomic E-state index is 0.327. The highest BCUT2D eigenvalue weighted by atomic mass is 15.2. The summed E-state index contributed by atoms with van der Waals surface area (Å²) in [6.45, 7) is 18.1. The number of nitrogens with zero attached hydrogens (tertiary/aromatic N) is 2. The highest BCUT2D eigenvalue weighted by Crippen LogP contribution is 2.17. The molecule has 0 N–H and O–H groups in total. The van der Waals surface area contributed by atoms with Crippen molar-refractivity contribution in [3.05, 3.63) is 12.3 Å². The quantitative estimate of drug-likeness (QED) is 0.690. The lowest BCUT2D eigenvalue weighted by molar-refractivity contribution is 0.124. The number of hydrogen-bond donors (Lipinski definition) is 0. The fraction of sp³-hybridized carbons (Fsp3) is 0.867. The van der Waals surface area contributed by atoms with Crippen LogP contribution >= 0.6 is 0 Å². The molecule has 17 heavy (non-hydrogen) atoms. The van der Waals surface area contributed by atoms with Crippen LogP contribution in [0.4, 0.5) is 0 Å². The van der Waals surface area contributed by atoms with E-state index in [1.807, 2.05) is 0 Å². The largest absolute Gasteiger partial charge is 0.376 e. The number of rotatable bonds is 1. The van der Waals surface area contributed by atoms with Gasteiger partial charge in [0.05, 0.1) is 0 Å². The second-order valence-corrected chi connectivity index (χ2v) is 6.29. The lowest BCUT2D eigenvalue weighted by atomic mass is 10.0. The Kier molecular flexibility index (Phi) is 5.51. The van der Waals surface area contributed by atoms with E-state index < -0.39 is 0 Å². The molecule has 0 spiro atoms. The molecule has 1 fully saturated rings. The van der Waals surface area contributed by atoms with Crippen molar-refractivity contribution in [2.75, 3.05) is 26.2 Å². The topological polar surface area (TPSA) is 6.48 Å². The van der Waals surface area contributed by atoms with E-state index in [1.54, 1.807) is 0 Å². The van der Waals surface area contributed by atoms with Crippen LogP contribution in [0.1, 0.15) is 53.4 Å². The first kappa shape index (κ1) is 14.6. The standard InChI is InChI=1S/C15H30N2/c1-14(2)16-10-6-8-12-17(15(3,4)5)13-9-7-11-16/h1,6-13H2,2-5H3. The SMILES string of the molecule is C=C(C)N1CCCCN(C(C)(C)C)CCCC1. The molecule has 0 aromatic rings. The smallest absolute Gasteiger partial charge is 0.0175 e. The molecular formula is C15H30N2. The fourth-order valence-corrected chi connectivity index (χ4v) is 2.49. The molecule has 0 unspecified atom stereocenters. The van der Waals surface area contributed by atoms with E-state index >= 15 is 0 Å². The van der Waals surface area contributed by atoms with Crippen molar-refractivity contribution in [1.29, 1.82) is 0 Å². The first-order valence-electron chi connectivity index (χ1n) is 7.07. The molecule has 1 aliphatic heterocycles. The predicted octanol–water partition coefficient (Wildman–Crippen LogP) is 3.50. The van der Waals surface area contributed by atoms with Gasteiger partial charge in [0.15, 0.2) is 0 Å². The molecule has 0 atom stereocenters. The second-order valence-electron chi connectivity index (χ2n) is 6.29. The molecule has 1 aliphatic rings. The van der Waals surface area contributed by atoms with Gasteiger partial charge < -0.3 is 4.90 Å². The molecule has 0 aromatic heterocycles. The minimum atomic E-state index is 0.327. The van der Waals surface area contributed by atoms with Crippen LogP contribution in [0, 0.1) is 0 Å². The predicted molar refractivity (Wildman–Crippen MR) is 76.2 cm³/mol. The Bertz CT molecular complexity index is 228. The van der Waals surface area contributed by atoms with Gasteiger partial charge in [-0.15, -0.1) is 0 Å². The van der Waals surface area contributed by atoms with Crippen LogP contribution in [0.2, 0.25) is 0 Å². The Hall–Kier alpha value is -0.500. The fourth-order valence-electron chi connectivity index (χ4n) is 2.49. The van der Waals surface area contributed by atoms with Gasteiger partial charge in [-0.05, 0) is 66.5 Å². The van der Waals surface area contributed by atoms with Crippen LogP contribution < -0.4 is 0 Å². The van der Waals surface area contributed by atoms with E-state index in [-0.39, 0.29) is 0 Å². The van der Waals surface area contributed by atoms with Crippen LogP contribution in [0.15, 0.2) is 12.3 Å². The average Bonchev–Trinajstić information content (AvgIpc) is 2.23. The van der Waals surface area contributed by atoms with Crippen LogP contribution in [0.5, 0.6) is 0 Å². The third kappa shape index (κ3) is 5.12. The maximum Gasteiger partial charge on any atom is 0.0175 e. The third-order valence-electron chi connectivity index (χ3n) is 3.70. The molecule has 0 bridgehead atoms. The Morgan fingerprint density at radius 1 is 0.882 bits per heavy atom. The molecule has 1 rings (SSSR count). The molecule has 0 aliphatic carbocycles. The summed E-state index contributed by atoms with van der Waals surface area (Å²) in [6, 6.07) is 0. The van der Waals surface area contributed by atoms with Gasteiger partial charge in [0.2, 0.25) is 0 Å². The van der Waals surface area contributed by atoms with E-state index in [9.17, 15) is 0 Å². The van der Waals surface area contributed by atoms with Gasteiger partial charge in [-0.25, -0.2) is 0 Å². The Labute approximate surface area is 108 Å². The number of hydrogen-bond acceptors (Lipinski definition) is 2. The van der Waals surface area contributed by atoms with Gasteiger partial charge in [-0.1, -0.05) is 6.58 Å².